The van der Waals surface area contributed by atoms with E-state index in [1.165, 1.54) is 0 Å². The maximum atomic E-state index is 13.7. The normalized spacial score (nSPS) is 9.12. The number of carbonyl (C=O) groups is 2. The number of nitrogens with one attached hydrogen (secondary N) is 2. The van der Waals surface area contributed by atoms with E-state index in [-0.39, 0.29) is 11.6 Å². The van der Waals surface area contributed by atoms with E-state index in [0.29, 0.717) is 33.6 Å². The number of aryl methyl sites for hydroxylation is 1. The molecule has 4 nitrogen and oxygen atoms in total. The van der Waals surface area contributed by atoms with Crippen LogP contribution in [0.3, 0.4) is 0 Å². The van der Waals surface area contributed by atoms with Crippen LogP contribution in [0.5, 0.6) is 0 Å². The summed E-state index contributed by atoms with van der Waals surface area (Å²) >= 11 is 0. The largest absolute Gasteiger partial charge is 0.355 e. The standard InChI is InChI=1S/C28H22N2O2.8C2H6/c1-17-16-22-25(26(18(17)2)30-20-12-7-4-8-13-20)27(31)21-14-9-15-23(24(21)28(22)32)29-19-10-5-3-6-11-19;8*1-2/h3-16,29-30H,1-2H3;8*1-2H3. The molecule has 0 saturated carbocycles. The zero-order valence-corrected chi connectivity index (χ0v) is 33.9. The first-order valence-corrected chi connectivity index (χ1v) is 18.6. The molecule has 1 aliphatic carbocycles. The minimum absolute atomic E-state index is 0.146. The number of hydrogen-bond acceptors (Lipinski definition) is 4. The van der Waals surface area contributed by atoms with Crippen LogP contribution >= 0.6 is 0 Å². The fourth-order valence-electron chi connectivity index (χ4n) is 4.19. The first-order valence-electron chi connectivity index (χ1n) is 18.6. The molecule has 5 rings (SSSR count). The molecule has 2 N–H and O–H groups in total. The van der Waals surface area contributed by atoms with Gasteiger partial charge in [0.1, 0.15) is 0 Å². The number of anilines is 4. The minimum atomic E-state index is -0.146. The first-order chi connectivity index (χ1) is 23.5. The van der Waals surface area contributed by atoms with Gasteiger partial charge in [-0.1, -0.05) is 159 Å². The second-order valence-electron chi connectivity index (χ2n) is 7.98. The van der Waals surface area contributed by atoms with Gasteiger partial charge in [-0.3, -0.25) is 9.59 Å². The molecular formula is C44H70N2O2. The van der Waals surface area contributed by atoms with E-state index < -0.39 is 0 Å². The van der Waals surface area contributed by atoms with Crippen LogP contribution in [0.25, 0.3) is 0 Å². The summed E-state index contributed by atoms with van der Waals surface area (Å²) in [5, 5.41) is 6.69. The van der Waals surface area contributed by atoms with Crippen LogP contribution in [-0.4, -0.2) is 11.6 Å². The zero-order chi connectivity index (χ0) is 38.2. The maximum absolute atomic E-state index is 13.7. The third-order valence-corrected chi connectivity index (χ3v) is 5.95. The number of benzene rings is 4. The van der Waals surface area contributed by atoms with Crippen molar-refractivity contribution < 1.29 is 9.59 Å². The number of para-hydroxylation sites is 2. The van der Waals surface area contributed by atoms with E-state index in [4.69, 9.17) is 0 Å². The van der Waals surface area contributed by atoms with E-state index >= 15 is 0 Å². The van der Waals surface area contributed by atoms with E-state index in [9.17, 15) is 9.59 Å². The van der Waals surface area contributed by atoms with E-state index in [1.54, 1.807) is 6.07 Å². The molecule has 0 fully saturated rings. The Hall–Kier alpha value is -4.18. The predicted molar refractivity (Wildman–Crippen MR) is 219 cm³/mol. The first kappa shape index (κ1) is 50.7. The highest BCUT2D eigenvalue weighted by atomic mass is 16.1. The van der Waals surface area contributed by atoms with Gasteiger partial charge in [0.05, 0.1) is 22.5 Å². The topological polar surface area (TPSA) is 58.2 Å². The van der Waals surface area contributed by atoms with Crippen LogP contribution in [0.2, 0.25) is 0 Å². The molecule has 0 aliphatic heterocycles. The Labute approximate surface area is 296 Å². The summed E-state index contributed by atoms with van der Waals surface area (Å²) in [6.45, 7) is 35.9. The molecule has 4 aromatic rings. The smallest absolute Gasteiger partial charge is 0.196 e. The van der Waals surface area contributed by atoms with Crippen molar-refractivity contribution in [3.63, 3.8) is 0 Å². The molecule has 0 radical (unpaired) electrons. The van der Waals surface area contributed by atoms with Crippen molar-refractivity contribution in [2.75, 3.05) is 10.6 Å². The summed E-state index contributed by atoms with van der Waals surface area (Å²) in [5.41, 5.74) is 6.68. The van der Waals surface area contributed by atoms with Crippen LogP contribution in [-0.2, 0) is 0 Å². The van der Waals surface area contributed by atoms with Crippen molar-refractivity contribution in [2.45, 2.75) is 125 Å². The van der Waals surface area contributed by atoms with Crippen LogP contribution in [0.15, 0.2) is 84.9 Å². The number of carbonyl (C=O) groups excluding carboxylic acids is 2. The SMILES string of the molecule is CC.CC.CC.CC.CC.CC.CC.CC.Cc1cc2c(c(Nc3ccccc3)c1C)C(=O)c1cccc(Nc3ccccc3)c1C2=O. The van der Waals surface area contributed by atoms with Crippen molar-refractivity contribution in [3.05, 3.63) is 118 Å². The maximum Gasteiger partial charge on any atom is 0.196 e. The second kappa shape index (κ2) is 32.7. The lowest BCUT2D eigenvalue weighted by molar-refractivity contribution is 0.0980. The molecule has 48 heavy (non-hydrogen) atoms. The molecule has 0 spiro atoms. The Morgan fingerprint density at radius 3 is 1.25 bits per heavy atom. The van der Waals surface area contributed by atoms with Crippen LogP contribution in [0.1, 0.15) is 154 Å². The lowest BCUT2D eigenvalue weighted by atomic mass is 9.80. The highest BCUT2D eigenvalue weighted by Gasteiger charge is 2.35. The fraction of sp³-hybridized carbons (Fsp3) is 0.409. The van der Waals surface area contributed by atoms with E-state index in [1.807, 2.05) is 203 Å². The Balaban J connectivity index is -0.000000533. The lowest BCUT2D eigenvalue weighted by Gasteiger charge is -2.25. The average Bonchev–Trinajstić information content (AvgIpc) is 3.19. The molecule has 0 aromatic heterocycles. The number of rotatable bonds is 4. The highest BCUT2D eigenvalue weighted by Crippen LogP contribution is 2.39. The van der Waals surface area contributed by atoms with Gasteiger partial charge in [0, 0.05) is 22.5 Å². The molecule has 0 amide bonds. The van der Waals surface area contributed by atoms with Gasteiger partial charge in [0.25, 0.3) is 0 Å². The van der Waals surface area contributed by atoms with E-state index in [2.05, 4.69) is 10.6 Å². The summed E-state index contributed by atoms with van der Waals surface area (Å²) in [6, 6.07) is 26.6. The fourth-order valence-corrected chi connectivity index (χ4v) is 4.19. The average molecular weight is 659 g/mol. The van der Waals surface area contributed by atoms with Gasteiger partial charge in [-0.15, -0.1) is 0 Å². The Bertz CT molecular complexity index is 1360. The molecule has 0 bridgehead atoms. The summed E-state index contributed by atoms with van der Waals surface area (Å²) in [7, 11) is 0. The van der Waals surface area contributed by atoms with Crippen LogP contribution in [0.4, 0.5) is 22.7 Å². The Morgan fingerprint density at radius 1 is 0.417 bits per heavy atom. The molecular weight excluding hydrogens is 588 g/mol. The summed E-state index contributed by atoms with van der Waals surface area (Å²) < 4.78 is 0. The van der Waals surface area contributed by atoms with Crippen LogP contribution < -0.4 is 10.6 Å². The summed E-state index contributed by atoms with van der Waals surface area (Å²) in [4.78, 5) is 27.4. The van der Waals surface area contributed by atoms with Gasteiger partial charge in [-0.05, 0) is 61.4 Å². The van der Waals surface area contributed by atoms with Gasteiger partial charge < -0.3 is 10.6 Å². The van der Waals surface area contributed by atoms with Crippen molar-refractivity contribution in [1.29, 1.82) is 0 Å². The van der Waals surface area contributed by atoms with Crippen molar-refractivity contribution in [3.8, 4) is 0 Å². The Morgan fingerprint density at radius 2 is 0.812 bits per heavy atom. The number of fused-ring (bicyclic) bond motifs is 2. The Kier molecular flexibility index (Phi) is 34.6. The molecule has 1 aliphatic rings. The van der Waals surface area contributed by atoms with Crippen molar-refractivity contribution in [1.82, 2.24) is 0 Å². The summed E-state index contributed by atoms with van der Waals surface area (Å²) in [5.74, 6) is -0.291. The zero-order valence-electron chi connectivity index (χ0n) is 33.9. The molecule has 4 heteroatoms. The summed E-state index contributed by atoms with van der Waals surface area (Å²) in [6.07, 6.45) is 0. The molecule has 0 heterocycles. The highest BCUT2D eigenvalue weighted by molar-refractivity contribution is 6.32. The molecule has 0 unspecified atom stereocenters. The molecule has 268 valence electrons. The van der Waals surface area contributed by atoms with E-state index in [0.717, 1.165) is 22.5 Å². The number of ketones is 2. The second-order valence-corrected chi connectivity index (χ2v) is 7.98. The third kappa shape index (κ3) is 14.3. The third-order valence-electron chi connectivity index (χ3n) is 5.95. The van der Waals surface area contributed by atoms with Gasteiger partial charge in [-0.25, -0.2) is 0 Å². The van der Waals surface area contributed by atoms with Crippen LogP contribution in [0, 0.1) is 13.8 Å². The quantitative estimate of drug-likeness (QED) is 0.202. The van der Waals surface area contributed by atoms with Crippen molar-refractivity contribution >= 4 is 34.3 Å². The lowest BCUT2D eigenvalue weighted by Crippen LogP contribution is -2.24. The predicted octanol–water partition coefficient (Wildman–Crippen LogP) is 14.8. The molecule has 0 atom stereocenters. The monoisotopic (exact) mass is 659 g/mol. The van der Waals surface area contributed by atoms with Gasteiger partial charge >= 0.3 is 0 Å². The number of hydrogen-bond donors (Lipinski definition) is 2. The van der Waals surface area contributed by atoms with Crippen molar-refractivity contribution in [2.24, 2.45) is 0 Å². The molecule has 4 aromatic carbocycles. The molecule has 0 saturated heterocycles. The van der Waals surface area contributed by atoms with Gasteiger partial charge in [0.15, 0.2) is 11.6 Å². The minimum Gasteiger partial charge on any atom is -0.355 e. The van der Waals surface area contributed by atoms with Gasteiger partial charge in [-0.2, -0.15) is 0 Å². The van der Waals surface area contributed by atoms with Gasteiger partial charge in [0.2, 0.25) is 0 Å².